The Morgan fingerprint density at radius 1 is 1.19 bits per heavy atom. The van der Waals surface area contributed by atoms with Gasteiger partial charge in [-0.05, 0) is 13.8 Å². The molecule has 0 fully saturated rings. The Bertz CT molecular complexity index is 515. The van der Waals surface area contributed by atoms with Gasteiger partial charge in [0.1, 0.15) is 5.69 Å². The number of nitrogens with one attached hydrogen (secondary N) is 1. The summed E-state index contributed by atoms with van der Waals surface area (Å²) in [6, 6.07) is 0. The van der Waals surface area contributed by atoms with Crippen molar-refractivity contribution in [3.05, 3.63) is 23.8 Å². The van der Waals surface area contributed by atoms with Crippen LogP contribution in [0.2, 0.25) is 0 Å². The molecule has 1 N–H and O–H groups in total. The minimum Gasteiger partial charge on any atom is -0.371 e. The first-order valence-corrected chi connectivity index (χ1v) is 5.14. The van der Waals surface area contributed by atoms with Crippen LogP contribution in [-0.2, 0) is 7.05 Å². The highest BCUT2D eigenvalue weighted by molar-refractivity contribution is 5.70. The van der Waals surface area contributed by atoms with E-state index in [2.05, 4.69) is 20.4 Å². The molecule has 0 bridgehead atoms. The molecule has 16 heavy (non-hydrogen) atoms. The van der Waals surface area contributed by atoms with E-state index in [-0.39, 0.29) is 0 Å². The minimum absolute atomic E-state index is 0.788. The SMILES string of the molecule is CNc1nc(C)c(C)nc1-c1cnn(C)c1. The fourth-order valence-electron chi connectivity index (χ4n) is 1.52. The minimum atomic E-state index is 0.788. The summed E-state index contributed by atoms with van der Waals surface area (Å²) in [5, 5.41) is 7.20. The average molecular weight is 217 g/mol. The van der Waals surface area contributed by atoms with E-state index in [9.17, 15) is 0 Å². The van der Waals surface area contributed by atoms with Crippen molar-refractivity contribution in [2.24, 2.45) is 7.05 Å². The largest absolute Gasteiger partial charge is 0.371 e. The Hall–Kier alpha value is -1.91. The summed E-state index contributed by atoms with van der Waals surface area (Å²) >= 11 is 0. The molecule has 2 rings (SSSR count). The molecule has 5 heteroatoms. The lowest BCUT2D eigenvalue weighted by molar-refractivity contribution is 0.768. The van der Waals surface area contributed by atoms with Gasteiger partial charge in [0.2, 0.25) is 0 Å². The van der Waals surface area contributed by atoms with E-state index in [0.717, 1.165) is 28.5 Å². The zero-order chi connectivity index (χ0) is 11.7. The summed E-state index contributed by atoms with van der Waals surface area (Å²) in [7, 11) is 3.73. The summed E-state index contributed by atoms with van der Waals surface area (Å²) in [4.78, 5) is 9.01. The first kappa shape index (κ1) is 10.6. The molecule has 0 amide bonds. The van der Waals surface area contributed by atoms with E-state index in [0.29, 0.717) is 0 Å². The van der Waals surface area contributed by atoms with Gasteiger partial charge < -0.3 is 5.32 Å². The molecule has 2 heterocycles. The quantitative estimate of drug-likeness (QED) is 0.829. The lowest BCUT2D eigenvalue weighted by atomic mass is 10.2. The zero-order valence-electron chi connectivity index (χ0n) is 9.94. The van der Waals surface area contributed by atoms with Crippen molar-refractivity contribution in [1.82, 2.24) is 19.7 Å². The van der Waals surface area contributed by atoms with E-state index >= 15 is 0 Å². The molecule has 0 saturated heterocycles. The van der Waals surface area contributed by atoms with Crippen LogP contribution in [0.15, 0.2) is 12.4 Å². The molecule has 0 atom stereocenters. The second kappa shape index (κ2) is 3.92. The molecule has 2 aromatic heterocycles. The van der Waals surface area contributed by atoms with Gasteiger partial charge in [-0.2, -0.15) is 5.10 Å². The van der Waals surface area contributed by atoms with Gasteiger partial charge >= 0.3 is 0 Å². The maximum atomic E-state index is 4.55. The van der Waals surface area contributed by atoms with Gasteiger partial charge in [0.25, 0.3) is 0 Å². The molecule has 0 aliphatic heterocycles. The van der Waals surface area contributed by atoms with Crippen LogP contribution >= 0.6 is 0 Å². The van der Waals surface area contributed by atoms with Crippen molar-refractivity contribution in [2.75, 3.05) is 12.4 Å². The van der Waals surface area contributed by atoms with Gasteiger partial charge in [0.15, 0.2) is 5.82 Å². The van der Waals surface area contributed by atoms with Gasteiger partial charge in [-0.25, -0.2) is 9.97 Å². The summed E-state index contributed by atoms with van der Waals surface area (Å²) in [6.45, 7) is 3.91. The predicted octanol–water partition coefficient (Wildman–Crippen LogP) is 1.54. The van der Waals surface area contributed by atoms with Gasteiger partial charge in [0.05, 0.1) is 17.6 Å². The lowest BCUT2D eigenvalue weighted by Gasteiger charge is -2.08. The van der Waals surface area contributed by atoms with Crippen molar-refractivity contribution in [2.45, 2.75) is 13.8 Å². The van der Waals surface area contributed by atoms with Crippen LogP contribution in [-0.4, -0.2) is 26.8 Å². The summed E-state index contributed by atoms with van der Waals surface area (Å²) < 4.78 is 1.76. The number of nitrogens with zero attached hydrogens (tertiary/aromatic N) is 4. The summed E-state index contributed by atoms with van der Waals surface area (Å²) in [6.07, 6.45) is 3.72. The topological polar surface area (TPSA) is 55.6 Å². The zero-order valence-corrected chi connectivity index (χ0v) is 9.94. The van der Waals surface area contributed by atoms with Crippen molar-refractivity contribution in [3.8, 4) is 11.3 Å². The van der Waals surface area contributed by atoms with Crippen LogP contribution in [0.3, 0.4) is 0 Å². The highest BCUT2D eigenvalue weighted by Crippen LogP contribution is 2.24. The van der Waals surface area contributed by atoms with Gasteiger partial charge in [-0.3, -0.25) is 4.68 Å². The lowest BCUT2D eigenvalue weighted by Crippen LogP contribution is -2.02. The maximum absolute atomic E-state index is 4.55. The second-order valence-electron chi connectivity index (χ2n) is 3.74. The highest BCUT2D eigenvalue weighted by atomic mass is 15.2. The van der Waals surface area contributed by atoms with Crippen LogP contribution in [0, 0.1) is 13.8 Å². The molecule has 0 aliphatic carbocycles. The van der Waals surface area contributed by atoms with Crippen molar-refractivity contribution in [1.29, 1.82) is 0 Å². The van der Waals surface area contributed by atoms with E-state index < -0.39 is 0 Å². The number of aromatic nitrogens is 4. The van der Waals surface area contributed by atoms with Crippen molar-refractivity contribution >= 4 is 5.82 Å². The third-order valence-electron chi connectivity index (χ3n) is 2.52. The Balaban J connectivity index is 2.59. The van der Waals surface area contributed by atoms with Crippen LogP contribution < -0.4 is 5.32 Å². The fourth-order valence-corrected chi connectivity index (χ4v) is 1.52. The highest BCUT2D eigenvalue weighted by Gasteiger charge is 2.11. The van der Waals surface area contributed by atoms with E-state index in [1.54, 1.807) is 10.9 Å². The first-order chi connectivity index (χ1) is 7.61. The van der Waals surface area contributed by atoms with Crippen molar-refractivity contribution < 1.29 is 0 Å². The first-order valence-electron chi connectivity index (χ1n) is 5.14. The summed E-state index contributed by atoms with van der Waals surface area (Å²) in [5.41, 5.74) is 3.70. The second-order valence-corrected chi connectivity index (χ2v) is 3.74. The molecule has 84 valence electrons. The van der Waals surface area contributed by atoms with Crippen LogP contribution in [0.4, 0.5) is 5.82 Å². The molecular formula is C11H15N5. The number of rotatable bonds is 2. The average Bonchev–Trinajstić information content (AvgIpc) is 2.68. The van der Waals surface area contributed by atoms with Gasteiger partial charge in [-0.15, -0.1) is 0 Å². The molecule has 0 aromatic carbocycles. The number of aryl methyl sites for hydroxylation is 3. The fraction of sp³-hybridized carbons (Fsp3) is 0.364. The number of anilines is 1. The van der Waals surface area contributed by atoms with E-state index in [4.69, 9.17) is 0 Å². The smallest absolute Gasteiger partial charge is 0.152 e. The Morgan fingerprint density at radius 3 is 2.44 bits per heavy atom. The predicted molar refractivity (Wildman–Crippen MR) is 63.3 cm³/mol. The van der Waals surface area contributed by atoms with Gasteiger partial charge in [0, 0.05) is 25.9 Å². The Morgan fingerprint density at radius 2 is 1.88 bits per heavy atom. The molecule has 5 nitrogen and oxygen atoms in total. The Labute approximate surface area is 94.5 Å². The third kappa shape index (κ3) is 1.76. The maximum Gasteiger partial charge on any atom is 0.152 e. The summed E-state index contributed by atoms with van der Waals surface area (Å²) in [5.74, 6) is 0.788. The third-order valence-corrected chi connectivity index (χ3v) is 2.52. The Kier molecular flexibility index (Phi) is 2.60. The number of hydrogen-bond acceptors (Lipinski definition) is 4. The van der Waals surface area contributed by atoms with Gasteiger partial charge in [-0.1, -0.05) is 0 Å². The molecular weight excluding hydrogens is 202 g/mol. The molecule has 0 aliphatic rings. The van der Waals surface area contributed by atoms with Crippen LogP contribution in [0.5, 0.6) is 0 Å². The van der Waals surface area contributed by atoms with Crippen LogP contribution in [0.1, 0.15) is 11.4 Å². The molecule has 0 spiro atoms. The molecule has 0 saturated carbocycles. The van der Waals surface area contributed by atoms with E-state index in [1.807, 2.05) is 34.1 Å². The number of hydrogen-bond donors (Lipinski definition) is 1. The standard InChI is InChI=1S/C11H15N5/c1-7-8(2)15-11(12-3)10(14-7)9-5-13-16(4)6-9/h5-6H,1-4H3,(H,12,15). The normalized spacial score (nSPS) is 10.5. The van der Waals surface area contributed by atoms with Crippen LogP contribution in [0.25, 0.3) is 11.3 Å². The monoisotopic (exact) mass is 217 g/mol. The molecule has 2 aromatic rings. The molecule has 0 unspecified atom stereocenters. The van der Waals surface area contributed by atoms with E-state index in [1.165, 1.54) is 0 Å². The molecule has 0 radical (unpaired) electrons. The van der Waals surface area contributed by atoms with Crippen molar-refractivity contribution in [3.63, 3.8) is 0 Å².